The monoisotopic (exact) mass is 310 g/mol. The Morgan fingerprint density at radius 3 is 2.90 bits per heavy atom. The first-order chi connectivity index (χ1) is 10.1. The van der Waals surface area contributed by atoms with Crippen LogP contribution in [0.1, 0.15) is 33.1 Å². The summed E-state index contributed by atoms with van der Waals surface area (Å²) in [4.78, 5) is 10.6. The predicted molar refractivity (Wildman–Crippen MR) is 87.4 cm³/mol. The topological polar surface area (TPSA) is 64.4 Å². The Hall–Kier alpha value is -1.43. The smallest absolute Gasteiger partial charge is 0.311 e. The highest BCUT2D eigenvalue weighted by atomic mass is 32.2. The molecule has 1 N–H and O–H groups in total. The zero-order chi connectivity index (χ0) is 15.2. The minimum absolute atomic E-state index is 0.0215. The van der Waals surface area contributed by atoms with E-state index in [1.54, 1.807) is 12.1 Å². The molecule has 0 aliphatic heterocycles. The third kappa shape index (κ3) is 4.27. The van der Waals surface area contributed by atoms with E-state index in [1.807, 2.05) is 18.7 Å². The maximum atomic E-state index is 11.0. The molecule has 5 nitrogen and oxygen atoms in total. The molecule has 2 atom stereocenters. The van der Waals surface area contributed by atoms with Crippen LogP contribution in [0.2, 0.25) is 0 Å². The number of rotatable bonds is 7. The van der Waals surface area contributed by atoms with Crippen LogP contribution in [-0.2, 0) is 0 Å². The minimum atomic E-state index is -0.405. The summed E-state index contributed by atoms with van der Waals surface area (Å²) >= 11 is 2.02. The fraction of sp³-hybridized carbons (Fsp3) is 0.600. The number of nitro benzene ring substituents is 1. The molecule has 1 aliphatic carbocycles. The number of nitrogens with one attached hydrogen (secondary N) is 1. The molecule has 1 fully saturated rings. The summed E-state index contributed by atoms with van der Waals surface area (Å²) in [5.74, 6) is 1.49. The van der Waals surface area contributed by atoms with E-state index in [0.717, 1.165) is 29.5 Å². The van der Waals surface area contributed by atoms with Crippen LogP contribution in [-0.4, -0.2) is 28.6 Å². The fourth-order valence-corrected chi connectivity index (χ4v) is 3.86. The van der Waals surface area contributed by atoms with Gasteiger partial charge in [0.15, 0.2) is 5.75 Å². The van der Waals surface area contributed by atoms with Gasteiger partial charge in [-0.15, -0.1) is 0 Å². The van der Waals surface area contributed by atoms with Gasteiger partial charge in [-0.1, -0.05) is 6.92 Å². The lowest BCUT2D eigenvalue weighted by molar-refractivity contribution is -0.385. The van der Waals surface area contributed by atoms with Gasteiger partial charge in [-0.2, -0.15) is 11.8 Å². The van der Waals surface area contributed by atoms with Gasteiger partial charge < -0.3 is 10.1 Å². The second-order valence-electron chi connectivity index (χ2n) is 5.10. The Labute approximate surface area is 129 Å². The van der Waals surface area contributed by atoms with Crippen molar-refractivity contribution in [3.63, 3.8) is 0 Å². The molecule has 1 aliphatic rings. The van der Waals surface area contributed by atoms with E-state index in [4.69, 9.17) is 4.74 Å². The summed E-state index contributed by atoms with van der Waals surface area (Å²) in [7, 11) is 0. The summed E-state index contributed by atoms with van der Waals surface area (Å²) in [6.45, 7) is 4.44. The molecule has 21 heavy (non-hydrogen) atoms. The molecular weight excluding hydrogens is 288 g/mol. The van der Waals surface area contributed by atoms with Crippen LogP contribution in [0, 0.1) is 10.1 Å². The van der Waals surface area contributed by atoms with E-state index in [9.17, 15) is 10.1 Å². The Morgan fingerprint density at radius 2 is 2.24 bits per heavy atom. The molecule has 6 heteroatoms. The van der Waals surface area contributed by atoms with Gasteiger partial charge in [0.2, 0.25) is 0 Å². The molecule has 1 aromatic carbocycles. The molecule has 0 amide bonds. The number of anilines is 1. The van der Waals surface area contributed by atoms with Crippen LogP contribution in [0.4, 0.5) is 11.4 Å². The second-order valence-corrected chi connectivity index (χ2v) is 6.68. The number of hydrogen-bond acceptors (Lipinski definition) is 5. The largest absolute Gasteiger partial charge is 0.487 e. The molecule has 0 aromatic heterocycles. The SMILES string of the molecule is CCOc1cc(NC2CCC(SCC)C2)ccc1[N+](=O)[O-]. The zero-order valence-corrected chi connectivity index (χ0v) is 13.3. The Bertz CT molecular complexity index is 496. The average Bonchev–Trinajstić information content (AvgIpc) is 2.87. The van der Waals surface area contributed by atoms with Gasteiger partial charge in [0.05, 0.1) is 11.5 Å². The summed E-state index contributed by atoms with van der Waals surface area (Å²) in [6, 6.07) is 5.47. The average molecular weight is 310 g/mol. The molecule has 1 saturated carbocycles. The molecule has 2 rings (SSSR count). The van der Waals surface area contributed by atoms with Crippen LogP contribution in [0.3, 0.4) is 0 Å². The molecule has 0 saturated heterocycles. The second kappa shape index (κ2) is 7.54. The molecule has 0 bridgehead atoms. The maximum absolute atomic E-state index is 11.0. The quantitative estimate of drug-likeness (QED) is 0.607. The lowest BCUT2D eigenvalue weighted by Gasteiger charge is -2.15. The van der Waals surface area contributed by atoms with Crippen molar-refractivity contribution in [2.45, 2.75) is 44.4 Å². The molecule has 0 heterocycles. The van der Waals surface area contributed by atoms with E-state index in [0.29, 0.717) is 18.4 Å². The van der Waals surface area contributed by atoms with E-state index in [-0.39, 0.29) is 5.69 Å². The number of nitrogens with zero attached hydrogens (tertiary/aromatic N) is 1. The number of benzene rings is 1. The summed E-state index contributed by atoms with van der Waals surface area (Å²) in [6.07, 6.45) is 3.54. The van der Waals surface area contributed by atoms with Gasteiger partial charge in [-0.25, -0.2) is 0 Å². The normalized spacial score (nSPS) is 21.2. The molecule has 0 radical (unpaired) electrons. The third-order valence-electron chi connectivity index (χ3n) is 3.61. The molecular formula is C15H22N2O3S. The van der Waals surface area contributed by atoms with Crippen molar-refractivity contribution < 1.29 is 9.66 Å². The number of ether oxygens (including phenoxy) is 1. The summed E-state index contributed by atoms with van der Waals surface area (Å²) in [5, 5.41) is 15.2. The Morgan fingerprint density at radius 1 is 1.43 bits per heavy atom. The van der Waals surface area contributed by atoms with Crippen molar-refractivity contribution in [2.24, 2.45) is 0 Å². The van der Waals surface area contributed by atoms with Crippen LogP contribution < -0.4 is 10.1 Å². The molecule has 2 unspecified atom stereocenters. The zero-order valence-electron chi connectivity index (χ0n) is 12.5. The summed E-state index contributed by atoms with van der Waals surface area (Å²) in [5.41, 5.74) is 0.921. The first-order valence-electron chi connectivity index (χ1n) is 7.43. The van der Waals surface area contributed by atoms with Gasteiger partial charge in [-0.05, 0) is 38.0 Å². The van der Waals surface area contributed by atoms with Crippen molar-refractivity contribution in [3.05, 3.63) is 28.3 Å². The highest BCUT2D eigenvalue weighted by molar-refractivity contribution is 7.99. The van der Waals surface area contributed by atoms with Gasteiger partial charge >= 0.3 is 5.69 Å². The molecule has 116 valence electrons. The van der Waals surface area contributed by atoms with Crippen molar-refractivity contribution in [3.8, 4) is 5.75 Å². The van der Waals surface area contributed by atoms with Crippen molar-refractivity contribution >= 4 is 23.1 Å². The van der Waals surface area contributed by atoms with Gasteiger partial charge in [0.1, 0.15) is 0 Å². The summed E-state index contributed by atoms with van der Waals surface area (Å²) < 4.78 is 5.38. The van der Waals surface area contributed by atoms with Crippen LogP contribution >= 0.6 is 11.8 Å². The van der Waals surface area contributed by atoms with Crippen molar-refractivity contribution in [1.82, 2.24) is 0 Å². The van der Waals surface area contributed by atoms with Crippen LogP contribution in [0.5, 0.6) is 5.75 Å². The standard InChI is InChI=1S/C15H22N2O3S/c1-3-20-15-10-12(6-8-14(15)17(18)19)16-11-5-7-13(9-11)21-4-2/h6,8,10-11,13,16H,3-5,7,9H2,1-2H3. The number of hydrogen-bond donors (Lipinski definition) is 1. The first kappa shape index (κ1) is 15.9. The van der Waals surface area contributed by atoms with Gasteiger partial charge in [0, 0.05) is 29.1 Å². The van der Waals surface area contributed by atoms with Crippen molar-refractivity contribution in [1.29, 1.82) is 0 Å². The molecule has 0 spiro atoms. The number of thioether (sulfide) groups is 1. The minimum Gasteiger partial charge on any atom is -0.487 e. The third-order valence-corrected chi connectivity index (χ3v) is 4.85. The Kier molecular flexibility index (Phi) is 5.73. The van der Waals surface area contributed by atoms with Crippen LogP contribution in [0.15, 0.2) is 18.2 Å². The lowest BCUT2D eigenvalue weighted by Crippen LogP contribution is -2.16. The first-order valence-corrected chi connectivity index (χ1v) is 8.48. The van der Waals surface area contributed by atoms with E-state index in [1.165, 1.54) is 12.5 Å². The van der Waals surface area contributed by atoms with E-state index >= 15 is 0 Å². The van der Waals surface area contributed by atoms with Crippen LogP contribution in [0.25, 0.3) is 0 Å². The van der Waals surface area contributed by atoms with Crippen molar-refractivity contribution in [2.75, 3.05) is 17.7 Å². The van der Waals surface area contributed by atoms with Gasteiger partial charge in [-0.3, -0.25) is 10.1 Å². The highest BCUT2D eigenvalue weighted by Gasteiger charge is 2.25. The lowest BCUT2D eigenvalue weighted by atomic mass is 10.2. The van der Waals surface area contributed by atoms with Gasteiger partial charge in [0.25, 0.3) is 0 Å². The van der Waals surface area contributed by atoms with E-state index < -0.39 is 4.92 Å². The van der Waals surface area contributed by atoms with E-state index in [2.05, 4.69) is 12.2 Å². The molecule has 1 aromatic rings. The predicted octanol–water partition coefficient (Wildman–Crippen LogP) is 4.08. The highest BCUT2D eigenvalue weighted by Crippen LogP contribution is 2.34. The maximum Gasteiger partial charge on any atom is 0.311 e. The fourth-order valence-electron chi connectivity index (χ4n) is 2.72. The number of nitro groups is 1. The Balaban J connectivity index is 2.04.